The van der Waals surface area contributed by atoms with Crippen molar-refractivity contribution in [3.63, 3.8) is 0 Å². The van der Waals surface area contributed by atoms with Crippen molar-refractivity contribution in [2.45, 2.75) is 55.7 Å². The number of piperazine rings is 1. The second-order valence-corrected chi connectivity index (χ2v) is 14.6. The lowest BCUT2D eigenvalue weighted by Crippen LogP contribution is -2.46. The molecule has 2 saturated heterocycles. The molecule has 3 aromatic carbocycles. The number of hydrogen-bond acceptors (Lipinski definition) is 8. The first kappa shape index (κ1) is 38.1. The van der Waals surface area contributed by atoms with Crippen LogP contribution in [0.3, 0.4) is 0 Å². The Hall–Kier alpha value is -4.61. The van der Waals surface area contributed by atoms with Crippen LogP contribution in [-0.4, -0.2) is 78.5 Å². The fourth-order valence-corrected chi connectivity index (χ4v) is 8.12. The zero-order valence-corrected chi connectivity index (χ0v) is 28.9. The van der Waals surface area contributed by atoms with E-state index in [0.29, 0.717) is 61.5 Å². The molecule has 1 atom stereocenters. The number of para-hydroxylation sites is 1. The first-order valence-corrected chi connectivity index (χ1v) is 18.2. The summed E-state index contributed by atoms with van der Waals surface area (Å²) in [5, 5.41) is 0. The fraction of sp³-hybridized carbons (Fsp3) is 0.361. The Bertz CT molecular complexity index is 2020. The van der Waals surface area contributed by atoms with E-state index in [1.54, 1.807) is 18.2 Å². The lowest BCUT2D eigenvalue weighted by molar-refractivity contribution is -0.275. The summed E-state index contributed by atoms with van der Waals surface area (Å²) in [5.41, 5.74) is 0.619. The van der Waals surface area contributed by atoms with Crippen molar-refractivity contribution in [1.29, 1.82) is 0 Å². The van der Waals surface area contributed by atoms with Gasteiger partial charge in [-0.05, 0) is 67.8 Å². The van der Waals surface area contributed by atoms with Gasteiger partial charge in [0.1, 0.15) is 11.6 Å². The van der Waals surface area contributed by atoms with Crippen LogP contribution in [0.2, 0.25) is 0 Å². The van der Waals surface area contributed by atoms with Gasteiger partial charge in [0.2, 0.25) is 16.0 Å². The van der Waals surface area contributed by atoms with Gasteiger partial charge in [0.25, 0.3) is 0 Å². The van der Waals surface area contributed by atoms with Crippen LogP contribution < -0.4 is 9.64 Å². The summed E-state index contributed by atoms with van der Waals surface area (Å²) >= 11 is 0. The summed E-state index contributed by atoms with van der Waals surface area (Å²) in [4.78, 5) is 26.5. The van der Waals surface area contributed by atoms with Crippen LogP contribution in [0.15, 0.2) is 83.8 Å². The molecule has 0 aliphatic carbocycles. The molecule has 0 bridgehead atoms. The van der Waals surface area contributed by atoms with E-state index < -0.39 is 40.0 Å². The van der Waals surface area contributed by atoms with Gasteiger partial charge >= 0.3 is 12.5 Å². The van der Waals surface area contributed by atoms with E-state index in [9.17, 15) is 43.9 Å². The van der Waals surface area contributed by atoms with Crippen LogP contribution in [0.5, 0.6) is 5.75 Å². The molecule has 2 aliphatic rings. The van der Waals surface area contributed by atoms with Crippen molar-refractivity contribution >= 4 is 21.8 Å². The van der Waals surface area contributed by atoms with E-state index in [-0.39, 0.29) is 48.3 Å². The van der Waals surface area contributed by atoms with Gasteiger partial charge < -0.3 is 9.64 Å². The van der Waals surface area contributed by atoms with Gasteiger partial charge in [-0.25, -0.2) is 22.8 Å². The zero-order valence-electron chi connectivity index (χ0n) is 28.1. The molecule has 282 valence electrons. The fourth-order valence-electron chi connectivity index (χ4n) is 6.45. The first-order chi connectivity index (χ1) is 25.1. The number of hydrogen-bond donors (Lipinski definition) is 0. The highest BCUT2D eigenvalue weighted by molar-refractivity contribution is 7.89. The Balaban J connectivity index is 1.19. The zero-order chi connectivity index (χ0) is 38.0. The lowest BCUT2D eigenvalue weighted by atomic mass is 10.0. The average molecular weight is 766 g/mol. The van der Waals surface area contributed by atoms with Crippen molar-refractivity contribution in [3.8, 4) is 17.0 Å². The van der Waals surface area contributed by atoms with Crippen LogP contribution in [0.4, 0.5) is 36.7 Å². The van der Waals surface area contributed by atoms with Crippen molar-refractivity contribution in [2.75, 3.05) is 37.6 Å². The number of aryl methyl sites for hydroxylation is 1. The highest BCUT2D eigenvalue weighted by Gasteiger charge is 2.39. The standard InChI is InChI=1S/C36H34F7N5O4S/c37-27-11-14-29(15-12-27)53(50,51)48-17-3-5-31(48)32(49)16-13-28-22-30(24-7-9-26(10-8-24)35(38,39)40)45-34(44-28)47-20-18-46(19-21-47)23-25-4-1-2-6-33(25)52-36(41,42)43/h1-2,4,6-12,14-15,22,31H,3,5,13,16-21,23H2/t31-/m0/s1. The number of carbonyl (C=O) groups excluding carboxylic acids is 1. The number of sulfonamides is 1. The second kappa shape index (κ2) is 15.4. The molecule has 0 spiro atoms. The maximum absolute atomic E-state index is 13.5. The number of alkyl halides is 6. The molecule has 9 nitrogen and oxygen atoms in total. The van der Waals surface area contributed by atoms with Gasteiger partial charge in [0.05, 0.1) is 22.2 Å². The SMILES string of the molecule is O=C(CCc1cc(-c2ccc(C(F)(F)F)cc2)nc(N2CCN(Cc3ccccc3OC(F)(F)F)CC2)n1)[C@@H]1CCCN1S(=O)(=O)c1ccc(F)cc1. The maximum atomic E-state index is 13.5. The van der Waals surface area contributed by atoms with E-state index in [0.717, 1.165) is 40.7 Å². The number of ether oxygens (including phenoxy) is 1. The van der Waals surface area contributed by atoms with E-state index >= 15 is 0 Å². The van der Waals surface area contributed by atoms with Crippen LogP contribution in [0, 0.1) is 5.82 Å². The predicted octanol–water partition coefficient (Wildman–Crippen LogP) is 6.88. The molecule has 4 aromatic rings. The molecular weight excluding hydrogens is 731 g/mol. The van der Waals surface area contributed by atoms with Crippen LogP contribution in [0.1, 0.15) is 36.1 Å². The number of halogens is 7. The van der Waals surface area contributed by atoms with Gasteiger partial charge in [-0.15, -0.1) is 13.2 Å². The number of ketones is 1. The van der Waals surface area contributed by atoms with Crippen LogP contribution in [-0.2, 0) is 34.0 Å². The van der Waals surface area contributed by atoms with E-state index in [1.807, 2.05) is 9.80 Å². The molecule has 2 aliphatic heterocycles. The normalized spacial score (nSPS) is 17.6. The average Bonchev–Trinajstić information content (AvgIpc) is 3.63. The molecule has 6 rings (SSSR count). The van der Waals surface area contributed by atoms with Crippen LogP contribution in [0.25, 0.3) is 11.3 Å². The highest BCUT2D eigenvalue weighted by atomic mass is 32.2. The number of rotatable bonds is 11. The monoisotopic (exact) mass is 765 g/mol. The highest BCUT2D eigenvalue weighted by Crippen LogP contribution is 2.33. The largest absolute Gasteiger partial charge is 0.573 e. The van der Waals surface area contributed by atoms with Crippen LogP contribution >= 0.6 is 0 Å². The van der Waals surface area contributed by atoms with Crippen molar-refractivity contribution in [2.24, 2.45) is 0 Å². The molecule has 2 fully saturated rings. The summed E-state index contributed by atoms with van der Waals surface area (Å²) in [5.74, 6) is -0.969. The summed E-state index contributed by atoms with van der Waals surface area (Å²) in [6.07, 6.45) is -8.63. The van der Waals surface area contributed by atoms with E-state index in [4.69, 9.17) is 0 Å². The third kappa shape index (κ3) is 9.31. The number of nitrogens with zero attached hydrogens (tertiary/aromatic N) is 5. The smallest absolute Gasteiger partial charge is 0.405 e. The van der Waals surface area contributed by atoms with Crippen molar-refractivity contribution in [1.82, 2.24) is 19.2 Å². The third-order valence-electron chi connectivity index (χ3n) is 9.15. The Morgan fingerprint density at radius 3 is 2.19 bits per heavy atom. The number of aromatic nitrogens is 2. The van der Waals surface area contributed by atoms with E-state index in [2.05, 4.69) is 14.7 Å². The van der Waals surface area contributed by atoms with Gasteiger partial charge in [-0.1, -0.05) is 30.3 Å². The summed E-state index contributed by atoms with van der Waals surface area (Å²) in [6.45, 7) is 1.89. The molecule has 53 heavy (non-hydrogen) atoms. The number of anilines is 1. The van der Waals surface area contributed by atoms with Gasteiger partial charge in [-0.3, -0.25) is 9.69 Å². The number of benzene rings is 3. The molecule has 0 N–H and O–H groups in total. The Morgan fingerprint density at radius 2 is 1.53 bits per heavy atom. The summed E-state index contributed by atoms with van der Waals surface area (Å²) in [6, 6.07) is 15.4. The Morgan fingerprint density at radius 1 is 0.849 bits per heavy atom. The molecule has 0 amide bonds. The third-order valence-corrected chi connectivity index (χ3v) is 11.1. The minimum Gasteiger partial charge on any atom is -0.405 e. The first-order valence-electron chi connectivity index (χ1n) is 16.7. The van der Waals surface area contributed by atoms with Crippen molar-refractivity contribution < 1.29 is 48.7 Å². The summed E-state index contributed by atoms with van der Waals surface area (Å²) in [7, 11) is -4.07. The van der Waals surface area contributed by atoms with E-state index in [1.165, 1.54) is 24.3 Å². The minimum atomic E-state index is -4.84. The Kier molecular flexibility index (Phi) is 11.1. The summed E-state index contributed by atoms with van der Waals surface area (Å²) < 4.78 is 124. The minimum absolute atomic E-state index is 0.0822. The molecule has 17 heteroatoms. The number of Topliss-reactive ketones (excluding diaryl/α,β-unsaturated/α-hetero) is 1. The molecule has 1 aromatic heterocycles. The van der Waals surface area contributed by atoms with Gasteiger partial charge in [0.15, 0.2) is 5.78 Å². The maximum Gasteiger partial charge on any atom is 0.573 e. The predicted molar refractivity (Wildman–Crippen MR) is 180 cm³/mol. The van der Waals surface area contributed by atoms with Crippen molar-refractivity contribution in [3.05, 3.63) is 102 Å². The molecule has 0 radical (unpaired) electrons. The van der Waals surface area contributed by atoms with Gasteiger partial charge in [-0.2, -0.15) is 17.5 Å². The Labute approximate surface area is 301 Å². The number of carbonyl (C=O) groups is 1. The lowest BCUT2D eigenvalue weighted by Gasteiger charge is -2.35. The molecular formula is C36H34F7N5O4S. The molecule has 3 heterocycles. The van der Waals surface area contributed by atoms with Gasteiger partial charge in [0, 0.05) is 62.5 Å². The second-order valence-electron chi connectivity index (χ2n) is 12.7. The molecule has 0 saturated carbocycles. The topological polar surface area (TPSA) is 95.9 Å². The quantitative estimate of drug-likeness (QED) is 0.153. The molecule has 0 unspecified atom stereocenters.